The summed E-state index contributed by atoms with van der Waals surface area (Å²) in [6, 6.07) is 15.1. The van der Waals surface area contributed by atoms with Crippen molar-refractivity contribution < 1.29 is 23.7 Å². The normalized spacial score (nSPS) is 13.9. The summed E-state index contributed by atoms with van der Waals surface area (Å²) in [7, 11) is 6.33. The zero-order valence-corrected chi connectivity index (χ0v) is 24.1. The number of ether oxygens (including phenoxy) is 4. The van der Waals surface area contributed by atoms with Crippen LogP contribution >= 0.6 is 11.6 Å². The summed E-state index contributed by atoms with van der Waals surface area (Å²) in [6.07, 6.45) is 0. The van der Waals surface area contributed by atoms with Crippen LogP contribution in [0.1, 0.15) is 16.1 Å². The van der Waals surface area contributed by atoms with E-state index < -0.39 is 0 Å². The lowest BCUT2D eigenvalue weighted by atomic mass is 10.1. The Morgan fingerprint density at radius 2 is 1.50 bits per heavy atom. The molecule has 0 amide bonds. The maximum Gasteiger partial charge on any atom is 0.197 e. The van der Waals surface area contributed by atoms with E-state index in [1.807, 2.05) is 49.4 Å². The van der Waals surface area contributed by atoms with Crippen molar-refractivity contribution in [3.05, 3.63) is 64.8 Å². The van der Waals surface area contributed by atoms with Crippen molar-refractivity contribution in [2.24, 2.45) is 0 Å². The molecule has 10 heteroatoms. The minimum absolute atomic E-state index is 0.0659. The molecular weight excluding hydrogens is 532 g/mol. The van der Waals surface area contributed by atoms with Gasteiger partial charge in [-0.2, -0.15) is 5.10 Å². The third-order valence-corrected chi connectivity index (χ3v) is 7.79. The zero-order chi connectivity index (χ0) is 28.4. The van der Waals surface area contributed by atoms with Gasteiger partial charge in [0, 0.05) is 54.4 Å². The fraction of sp³-hybridized carbons (Fsp3) is 0.333. The van der Waals surface area contributed by atoms with Crippen molar-refractivity contribution in [1.29, 1.82) is 0 Å². The number of carbonyl (C=O) groups excluding carboxylic acids is 1. The number of ketones is 1. The number of carbonyl (C=O) groups is 1. The molecule has 1 fully saturated rings. The van der Waals surface area contributed by atoms with Crippen LogP contribution in [0.2, 0.25) is 5.02 Å². The number of hydrogen-bond donors (Lipinski definition) is 0. The van der Waals surface area contributed by atoms with Gasteiger partial charge in [0.15, 0.2) is 28.8 Å². The van der Waals surface area contributed by atoms with Gasteiger partial charge in [-0.25, -0.2) is 4.68 Å². The number of anilines is 1. The van der Waals surface area contributed by atoms with Gasteiger partial charge in [-0.3, -0.25) is 9.69 Å². The highest BCUT2D eigenvalue weighted by Crippen LogP contribution is 2.37. The summed E-state index contributed by atoms with van der Waals surface area (Å²) in [6.45, 7) is 5.42. The van der Waals surface area contributed by atoms with E-state index in [4.69, 9.17) is 35.6 Å². The van der Waals surface area contributed by atoms with E-state index in [2.05, 4.69) is 15.9 Å². The lowest BCUT2D eigenvalue weighted by Crippen LogP contribution is -2.48. The second-order valence-electron chi connectivity index (χ2n) is 9.59. The van der Waals surface area contributed by atoms with Gasteiger partial charge in [-0.05, 0) is 42.8 Å². The van der Waals surface area contributed by atoms with Gasteiger partial charge in [0.1, 0.15) is 5.69 Å². The predicted molar refractivity (Wildman–Crippen MR) is 156 cm³/mol. The second kappa shape index (κ2) is 11.7. The molecule has 210 valence electrons. The first-order chi connectivity index (χ1) is 19.4. The molecule has 0 aliphatic carbocycles. The molecule has 1 saturated heterocycles. The number of halogens is 1. The third kappa shape index (κ3) is 5.14. The van der Waals surface area contributed by atoms with E-state index >= 15 is 0 Å². The molecule has 1 aliphatic rings. The Hall–Kier alpha value is -3.95. The third-order valence-electron chi connectivity index (χ3n) is 7.38. The van der Waals surface area contributed by atoms with E-state index in [-0.39, 0.29) is 12.3 Å². The molecule has 40 heavy (non-hydrogen) atoms. The maximum absolute atomic E-state index is 13.7. The Balaban J connectivity index is 1.44. The van der Waals surface area contributed by atoms with Crippen LogP contribution in [0.3, 0.4) is 0 Å². The zero-order valence-electron chi connectivity index (χ0n) is 23.4. The van der Waals surface area contributed by atoms with Crippen molar-refractivity contribution in [2.75, 3.05) is 66.1 Å². The van der Waals surface area contributed by atoms with Gasteiger partial charge in [-0.15, -0.1) is 0 Å². The van der Waals surface area contributed by atoms with E-state index in [1.54, 1.807) is 33.1 Å². The average molecular weight is 565 g/mol. The highest BCUT2D eigenvalue weighted by molar-refractivity contribution is 6.31. The van der Waals surface area contributed by atoms with Crippen LogP contribution in [0.4, 0.5) is 5.69 Å². The van der Waals surface area contributed by atoms with Crippen LogP contribution in [0, 0.1) is 6.92 Å². The van der Waals surface area contributed by atoms with Gasteiger partial charge < -0.3 is 23.8 Å². The Kier molecular flexibility index (Phi) is 8.04. The van der Waals surface area contributed by atoms with Crippen LogP contribution in [0.5, 0.6) is 23.0 Å². The van der Waals surface area contributed by atoms with Crippen LogP contribution in [0.15, 0.2) is 48.5 Å². The number of Topliss-reactive ketones (excluding diaryl/α,β-unsaturated/α-hetero) is 1. The summed E-state index contributed by atoms with van der Waals surface area (Å²) >= 11 is 6.34. The summed E-state index contributed by atoms with van der Waals surface area (Å²) in [5, 5.41) is 6.25. The molecular formula is C30H33ClN4O5. The minimum atomic E-state index is -0.0659. The molecule has 5 rings (SSSR count). The molecule has 2 heterocycles. The van der Waals surface area contributed by atoms with Crippen molar-refractivity contribution in [2.45, 2.75) is 6.92 Å². The lowest BCUT2D eigenvalue weighted by molar-refractivity contribution is 0.0922. The van der Waals surface area contributed by atoms with Gasteiger partial charge >= 0.3 is 0 Å². The fourth-order valence-electron chi connectivity index (χ4n) is 5.16. The number of nitrogens with zero attached hydrogens (tertiary/aromatic N) is 4. The largest absolute Gasteiger partial charge is 0.493 e. The molecule has 1 aliphatic heterocycles. The quantitative estimate of drug-likeness (QED) is 0.262. The van der Waals surface area contributed by atoms with Gasteiger partial charge in [-0.1, -0.05) is 17.7 Å². The fourth-order valence-corrected chi connectivity index (χ4v) is 5.33. The highest BCUT2D eigenvalue weighted by atomic mass is 35.5. The molecule has 0 N–H and O–H groups in total. The topological polar surface area (TPSA) is 78.3 Å². The van der Waals surface area contributed by atoms with Crippen LogP contribution in [-0.2, 0) is 0 Å². The standard InChI is InChI=1S/C30H33ClN4O5/c1-19-22(31)7-6-8-23(19)34-13-11-33(12-14-34)18-25(36)30-21-16-28(39-4)29(40-5)17-24(21)35(32-30)20-9-10-26(37-2)27(15-20)38-3/h6-10,15-17H,11-14,18H2,1-5H3. The predicted octanol–water partition coefficient (Wildman–Crippen LogP) is 5.03. The Bertz CT molecular complexity index is 1550. The van der Waals surface area contributed by atoms with Gasteiger partial charge in [0.2, 0.25) is 0 Å². The SMILES string of the molecule is COc1ccc(-n2nc(C(=O)CN3CCN(c4cccc(Cl)c4C)CC3)c3cc(OC)c(OC)cc32)cc1OC. The monoisotopic (exact) mass is 564 g/mol. The van der Waals surface area contributed by atoms with Crippen LogP contribution in [-0.4, -0.2) is 81.6 Å². The van der Waals surface area contributed by atoms with Crippen molar-refractivity contribution in [1.82, 2.24) is 14.7 Å². The van der Waals surface area contributed by atoms with E-state index in [0.29, 0.717) is 34.1 Å². The molecule has 0 atom stereocenters. The molecule has 1 aromatic heterocycles. The summed E-state index contributed by atoms with van der Waals surface area (Å²) in [5.74, 6) is 2.17. The molecule has 0 saturated carbocycles. The number of rotatable bonds is 9. The first kappa shape index (κ1) is 27.6. The van der Waals surface area contributed by atoms with Gasteiger partial charge in [0.25, 0.3) is 0 Å². The Morgan fingerprint density at radius 3 is 2.17 bits per heavy atom. The van der Waals surface area contributed by atoms with Gasteiger partial charge in [0.05, 0.1) is 46.2 Å². The highest BCUT2D eigenvalue weighted by Gasteiger charge is 2.26. The molecule has 4 aromatic rings. The smallest absolute Gasteiger partial charge is 0.197 e. The van der Waals surface area contributed by atoms with Crippen molar-refractivity contribution in [3.63, 3.8) is 0 Å². The minimum Gasteiger partial charge on any atom is -0.493 e. The first-order valence-corrected chi connectivity index (χ1v) is 13.4. The lowest BCUT2D eigenvalue weighted by Gasteiger charge is -2.36. The van der Waals surface area contributed by atoms with Crippen molar-refractivity contribution in [3.8, 4) is 28.7 Å². The molecule has 0 radical (unpaired) electrons. The molecule has 9 nitrogen and oxygen atoms in total. The number of methoxy groups -OCH3 is 4. The Morgan fingerprint density at radius 1 is 0.850 bits per heavy atom. The van der Waals surface area contributed by atoms with Crippen LogP contribution in [0.25, 0.3) is 16.6 Å². The van der Waals surface area contributed by atoms with Crippen LogP contribution < -0.4 is 23.8 Å². The number of aromatic nitrogens is 2. The summed E-state index contributed by atoms with van der Waals surface area (Å²) < 4.78 is 23.7. The molecule has 0 spiro atoms. The van der Waals surface area contributed by atoms with E-state index in [9.17, 15) is 4.79 Å². The van der Waals surface area contributed by atoms with E-state index in [0.717, 1.165) is 53.7 Å². The number of fused-ring (bicyclic) bond motifs is 1. The maximum atomic E-state index is 13.7. The Labute approximate surface area is 238 Å². The summed E-state index contributed by atoms with van der Waals surface area (Å²) in [4.78, 5) is 18.2. The number of hydrogen-bond acceptors (Lipinski definition) is 8. The molecule has 3 aromatic carbocycles. The average Bonchev–Trinajstić information content (AvgIpc) is 3.36. The summed E-state index contributed by atoms with van der Waals surface area (Å²) in [5.41, 5.74) is 4.03. The second-order valence-corrected chi connectivity index (χ2v) is 10.0. The molecule has 0 bridgehead atoms. The first-order valence-electron chi connectivity index (χ1n) is 13.0. The van der Waals surface area contributed by atoms with E-state index in [1.165, 1.54) is 0 Å². The number of piperazine rings is 1. The van der Waals surface area contributed by atoms with Crippen molar-refractivity contribution >= 4 is 34.0 Å². The number of benzene rings is 3. The molecule has 0 unspecified atom stereocenters.